The molecule has 3 nitrogen and oxygen atoms in total. The second-order valence-electron chi connectivity index (χ2n) is 5.30. The average Bonchev–Trinajstić information content (AvgIpc) is 2.93. The van der Waals surface area contributed by atoms with Gasteiger partial charge in [0.25, 0.3) is 0 Å². The summed E-state index contributed by atoms with van der Waals surface area (Å²) in [6.07, 6.45) is 5.28. The topological polar surface area (TPSA) is 28.2 Å². The Labute approximate surface area is 107 Å². The minimum Gasteiger partial charge on any atom is -0.312 e. The van der Waals surface area contributed by atoms with Crippen LogP contribution in [0.25, 0.3) is 0 Å². The molecule has 1 aromatic rings. The largest absolute Gasteiger partial charge is 0.312 e. The van der Waals surface area contributed by atoms with Crippen molar-refractivity contribution in [1.82, 2.24) is 15.2 Å². The maximum Gasteiger partial charge on any atom is 0.0940 e. The Morgan fingerprint density at radius 3 is 3.06 bits per heavy atom. The first kappa shape index (κ1) is 11.6. The van der Waals surface area contributed by atoms with Crippen molar-refractivity contribution in [3.63, 3.8) is 0 Å². The minimum absolute atomic E-state index is 0.719. The van der Waals surface area contributed by atoms with Gasteiger partial charge in [-0.3, -0.25) is 4.90 Å². The van der Waals surface area contributed by atoms with Gasteiger partial charge < -0.3 is 5.32 Å². The molecule has 1 unspecified atom stereocenters. The first-order chi connectivity index (χ1) is 8.31. The molecule has 0 amide bonds. The van der Waals surface area contributed by atoms with Crippen molar-refractivity contribution in [2.45, 2.75) is 44.7 Å². The quantitative estimate of drug-likeness (QED) is 0.865. The Bertz CT molecular complexity index is 372. The predicted molar refractivity (Wildman–Crippen MR) is 71.6 cm³/mol. The molecule has 4 heteroatoms. The van der Waals surface area contributed by atoms with Crippen LogP contribution in [0.2, 0.25) is 0 Å². The zero-order valence-corrected chi connectivity index (χ0v) is 11.3. The molecule has 17 heavy (non-hydrogen) atoms. The van der Waals surface area contributed by atoms with Gasteiger partial charge in [-0.05, 0) is 26.2 Å². The van der Waals surface area contributed by atoms with Gasteiger partial charge in [0, 0.05) is 49.2 Å². The summed E-state index contributed by atoms with van der Waals surface area (Å²) in [7, 11) is 0. The van der Waals surface area contributed by atoms with E-state index < -0.39 is 0 Å². The van der Waals surface area contributed by atoms with E-state index in [9.17, 15) is 0 Å². The molecular weight excluding hydrogens is 230 g/mol. The van der Waals surface area contributed by atoms with Crippen LogP contribution >= 0.6 is 11.3 Å². The highest BCUT2D eigenvalue weighted by Gasteiger charge is 2.33. The van der Waals surface area contributed by atoms with Gasteiger partial charge in [-0.2, -0.15) is 0 Å². The molecule has 1 saturated carbocycles. The molecule has 0 radical (unpaired) electrons. The van der Waals surface area contributed by atoms with Gasteiger partial charge >= 0.3 is 0 Å². The number of nitrogens with one attached hydrogen (secondary N) is 1. The van der Waals surface area contributed by atoms with Crippen molar-refractivity contribution < 1.29 is 0 Å². The summed E-state index contributed by atoms with van der Waals surface area (Å²) in [5, 5.41) is 7.09. The van der Waals surface area contributed by atoms with Crippen LogP contribution in [0.5, 0.6) is 0 Å². The van der Waals surface area contributed by atoms with E-state index in [4.69, 9.17) is 0 Å². The summed E-state index contributed by atoms with van der Waals surface area (Å²) in [5.41, 5.74) is 1.16. The van der Waals surface area contributed by atoms with Gasteiger partial charge in [0.1, 0.15) is 0 Å². The number of aryl methyl sites for hydroxylation is 1. The normalized spacial score (nSPS) is 25.6. The van der Waals surface area contributed by atoms with Crippen LogP contribution in [0.1, 0.15) is 30.0 Å². The van der Waals surface area contributed by atoms with E-state index >= 15 is 0 Å². The summed E-state index contributed by atoms with van der Waals surface area (Å²) in [5.74, 6) is 0. The standard InChI is InChI=1S/C13H21N3S/c1-10-9-17-13(15-10)4-6-14-11-5-7-16(8-11)12-2-3-12/h9,11-12,14H,2-8H2,1H3. The molecule has 94 valence electrons. The molecule has 2 fully saturated rings. The number of hydrogen-bond donors (Lipinski definition) is 1. The molecule has 2 heterocycles. The van der Waals surface area contributed by atoms with Crippen LogP contribution in [0.4, 0.5) is 0 Å². The van der Waals surface area contributed by atoms with Gasteiger partial charge in [-0.1, -0.05) is 0 Å². The fourth-order valence-electron chi connectivity index (χ4n) is 2.63. The monoisotopic (exact) mass is 251 g/mol. The van der Waals surface area contributed by atoms with E-state index in [0.717, 1.165) is 30.7 Å². The lowest BCUT2D eigenvalue weighted by Crippen LogP contribution is -2.34. The minimum atomic E-state index is 0.719. The highest BCUT2D eigenvalue weighted by atomic mass is 32.1. The van der Waals surface area contributed by atoms with Crippen molar-refractivity contribution in [2.24, 2.45) is 0 Å². The molecule has 0 bridgehead atoms. The third-order valence-electron chi connectivity index (χ3n) is 3.72. The lowest BCUT2D eigenvalue weighted by atomic mass is 10.2. The first-order valence-electron chi connectivity index (χ1n) is 6.70. The number of hydrogen-bond acceptors (Lipinski definition) is 4. The van der Waals surface area contributed by atoms with Crippen LogP contribution in [0, 0.1) is 6.92 Å². The van der Waals surface area contributed by atoms with Gasteiger partial charge in [-0.25, -0.2) is 4.98 Å². The average molecular weight is 251 g/mol. The van der Waals surface area contributed by atoms with E-state index in [0.29, 0.717) is 0 Å². The summed E-state index contributed by atoms with van der Waals surface area (Å²) in [6.45, 7) is 5.72. The summed E-state index contributed by atoms with van der Waals surface area (Å²) >= 11 is 1.79. The molecule has 1 aliphatic carbocycles. The number of nitrogens with zero attached hydrogens (tertiary/aromatic N) is 2. The van der Waals surface area contributed by atoms with Crippen LogP contribution in [0.3, 0.4) is 0 Å². The van der Waals surface area contributed by atoms with Crippen molar-refractivity contribution >= 4 is 11.3 Å². The Hall–Kier alpha value is -0.450. The summed E-state index contributed by atoms with van der Waals surface area (Å²) in [6, 6.07) is 1.65. The van der Waals surface area contributed by atoms with E-state index in [1.54, 1.807) is 11.3 Å². The van der Waals surface area contributed by atoms with Crippen molar-refractivity contribution in [1.29, 1.82) is 0 Å². The Balaban J connectivity index is 1.37. The molecule has 3 rings (SSSR count). The van der Waals surface area contributed by atoms with Crippen LogP contribution < -0.4 is 5.32 Å². The summed E-state index contributed by atoms with van der Waals surface area (Å²) < 4.78 is 0. The second kappa shape index (κ2) is 5.04. The highest BCUT2D eigenvalue weighted by Crippen LogP contribution is 2.29. The maximum atomic E-state index is 4.50. The zero-order valence-electron chi connectivity index (χ0n) is 10.5. The zero-order chi connectivity index (χ0) is 11.7. The second-order valence-corrected chi connectivity index (χ2v) is 6.24. The SMILES string of the molecule is Cc1csc(CCNC2CCN(C3CC3)C2)n1. The van der Waals surface area contributed by atoms with Gasteiger partial charge in [-0.15, -0.1) is 11.3 Å². The van der Waals surface area contributed by atoms with Crippen molar-refractivity contribution in [3.05, 3.63) is 16.1 Å². The smallest absolute Gasteiger partial charge is 0.0940 e. The Morgan fingerprint density at radius 2 is 2.35 bits per heavy atom. The fourth-order valence-corrected chi connectivity index (χ4v) is 3.40. The molecule has 0 spiro atoms. The number of rotatable bonds is 5. The molecular formula is C13H21N3S. The molecule has 1 atom stereocenters. The Kier molecular flexibility index (Phi) is 3.45. The fraction of sp³-hybridized carbons (Fsp3) is 0.769. The van der Waals surface area contributed by atoms with E-state index in [1.165, 1.54) is 37.4 Å². The predicted octanol–water partition coefficient (Wildman–Crippen LogP) is 1.82. The molecule has 2 aliphatic rings. The molecule has 0 aromatic carbocycles. The van der Waals surface area contributed by atoms with E-state index in [2.05, 4.69) is 27.5 Å². The number of thiazole rings is 1. The number of aromatic nitrogens is 1. The highest BCUT2D eigenvalue weighted by molar-refractivity contribution is 7.09. The molecule has 1 saturated heterocycles. The molecule has 1 aromatic heterocycles. The first-order valence-corrected chi connectivity index (χ1v) is 7.57. The number of likely N-dealkylation sites (tertiary alicyclic amines) is 1. The molecule has 1 aliphatic heterocycles. The van der Waals surface area contributed by atoms with E-state index in [-0.39, 0.29) is 0 Å². The summed E-state index contributed by atoms with van der Waals surface area (Å²) in [4.78, 5) is 7.15. The van der Waals surface area contributed by atoms with Gasteiger partial charge in [0.05, 0.1) is 5.01 Å². The Morgan fingerprint density at radius 1 is 1.47 bits per heavy atom. The maximum absolute atomic E-state index is 4.50. The molecule has 1 N–H and O–H groups in total. The van der Waals surface area contributed by atoms with Crippen LogP contribution in [0.15, 0.2) is 5.38 Å². The van der Waals surface area contributed by atoms with E-state index in [1.807, 2.05) is 0 Å². The van der Waals surface area contributed by atoms with Crippen LogP contribution in [-0.4, -0.2) is 41.6 Å². The van der Waals surface area contributed by atoms with Gasteiger partial charge in [0.15, 0.2) is 0 Å². The lowest BCUT2D eigenvalue weighted by Gasteiger charge is -2.15. The third-order valence-corrected chi connectivity index (χ3v) is 4.75. The van der Waals surface area contributed by atoms with Crippen molar-refractivity contribution in [2.75, 3.05) is 19.6 Å². The van der Waals surface area contributed by atoms with Gasteiger partial charge in [0.2, 0.25) is 0 Å². The lowest BCUT2D eigenvalue weighted by molar-refractivity contribution is 0.318. The van der Waals surface area contributed by atoms with Crippen LogP contribution in [-0.2, 0) is 6.42 Å². The third kappa shape index (κ3) is 3.06. The van der Waals surface area contributed by atoms with Crippen molar-refractivity contribution in [3.8, 4) is 0 Å².